The molecule has 0 aromatic carbocycles. The lowest BCUT2D eigenvalue weighted by molar-refractivity contribution is 0.143. The zero-order valence-electron chi connectivity index (χ0n) is 7.93. The molecule has 0 radical (unpaired) electrons. The van der Waals surface area contributed by atoms with Gasteiger partial charge in [0.05, 0.1) is 0 Å². The van der Waals surface area contributed by atoms with E-state index in [9.17, 15) is 0 Å². The van der Waals surface area contributed by atoms with E-state index < -0.39 is 0 Å². The summed E-state index contributed by atoms with van der Waals surface area (Å²) in [5.41, 5.74) is 3.46. The maximum atomic E-state index is 3.46. The molecule has 0 saturated heterocycles. The van der Waals surface area contributed by atoms with Gasteiger partial charge in [0.2, 0.25) is 0 Å². The van der Waals surface area contributed by atoms with E-state index in [0.717, 1.165) is 12.0 Å². The van der Waals surface area contributed by atoms with Crippen LogP contribution in [0.2, 0.25) is 0 Å². The molecule has 1 unspecified atom stereocenters. The molecule has 0 aromatic heterocycles. The fraction of sp³-hybridized carbons (Fsp3) is 1.00. The highest BCUT2D eigenvalue weighted by Gasteiger charge is 2.25. The van der Waals surface area contributed by atoms with E-state index in [-0.39, 0.29) is 0 Å². The van der Waals surface area contributed by atoms with Crippen LogP contribution in [0.25, 0.3) is 0 Å². The Balaban J connectivity index is 2.23. The number of nitrogens with one attached hydrogen (secondary N) is 1. The normalized spacial score (nSPS) is 21.8. The SMILES string of the molecule is CCC(NN(C)C)C1CCC1. The van der Waals surface area contributed by atoms with Crippen molar-refractivity contribution in [1.29, 1.82) is 0 Å². The standard InChI is InChI=1S/C9H20N2/c1-4-9(10-11(2)3)8-6-5-7-8/h8-10H,4-7H2,1-3H3. The van der Waals surface area contributed by atoms with Crippen molar-refractivity contribution in [3.05, 3.63) is 0 Å². The lowest BCUT2D eigenvalue weighted by Gasteiger charge is -2.35. The third-order valence-corrected chi connectivity index (χ3v) is 2.58. The van der Waals surface area contributed by atoms with Gasteiger partial charge < -0.3 is 0 Å². The van der Waals surface area contributed by atoms with Gasteiger partial charge in [-0.25, -0.2) is 0 Å². The van der Waals surface area contributed by atoms with Gasteiger partial charge in [0.25, 0.3) is 0 Å². The highest BCUT2D eigenvalue weighted by atomic mass is 15.5. The summed E-state index contributed by atoms with van der Waals surface area (Å²) >= 11 is 0. The molecule has 0 spiro atoms. The summed E-state index contributed by atoms with van der Waals surface area (Å²) in [6.07, 6.45) is 5.55. The Morgan fingerprint density at radius 2 is 2.09 bits per heavy atom. The van der Waals surface area contributed by atoms with E-state index in [1.165, 1.54) is 25.7 Å². The summed E-state index contributed by atoms with van der Waals surface area (Å²) in [6.45, 7) is 2.26. The monoisotopic (exact) mass is 156 g/mol. The molecular formula is C9H20N2. The number of hydrazine groups is 1. The minimum Gasteiger partial charge on any atom is -0.252 e. The highest BCUT2D eigenvalue weighted by molar-refractivity contribution is 4.80. The van der Waals surface area contributed by atoms with Gasteiger partial charge >= 0.3 is 0 Å². The maximum Gasteiger partial charge on any atom is 0.0240 e. The lowest BCUT2D eigenvalue weighted by Crippen LogP contribution is -2.45. The second-order valence-corrected chi connectivity index (χ2v) is 3.73. The van der Waals surface area contributed by atoms with Gasteiger partial charge in [0, 0.05) is 20.1 Å². The summed E-state index contributed by atoms with van der Waals surface area (Å²) < 4.78 is 0. The fourth-order valence-electron chi connectivity index (χ4n) is 1.70. The first-order valence-corrected chi connectivity index (χ1v) is 4.67. The van der Waals surface area contributed by atoms with Crippen molar-refractivity contribution in [2.24, 2.45) is 5.92 Å². The van der Waals surface area contributed by atoms with E-state index in [0.29, 0.717) is 0 Å². The smallest absolute Gasteiger partial charge is 0.0240 e. The molecule has 1 saturated carbocycles. The number of hydrogen-bond acceptors (Lipinski definition) is 2. The quantitative estimate of drug-likeness (QED) is 0.622. The first kappa shape index (κ1) is 9.01. The molecule has 1 rings (SSSR count). The predicted octanol–water partition coefficient (Wildman–Crippen LogP) is 1.63. The van der Waals surface area contributed by atoms with Crippen LogP contribution in [0.5, 0.6) is 0 Å². The molecule has 0 amide bonds. The van der Waals surface area contributed by atoms with Crippen molar-refractivity contribution in [2.75, 3.05) is 14.1 Å². The van der Waals surface area contributed by atoms with Gasteiger partial charge in [-0.05, 0) is 25.2 Å². The Hall–Kier alpha value is -0.0800. The summed E-state index contributed by atoms with van der Waals surface area (Å²) in [6, 6.07) is 0.721. The molecule has 1 atom stereocenters. The Morgan fingerprint density at radius 1 is 1.45 bits per heavy atom. The van der Waals surface area contributed by atoms with Gasteiger partial charge in [-0.1, -0.05) is 13.3 Å². The number of hydrogen-bond donors (Lipinski definition) is 1. The lowest BCUT2D eigenvalue weighted by atomic mass is 9.79. The van der Waals surface area contributed by atoms with E-state index in [2.05, 4.69) is 31.5 Å². The molecule has 0 aliphatic heterocycles. The average molecular weight is 156 g/mol. The Kier molecular flexibility index (Phi) is 3.34. The van der Waals surface area contributed by atoms with Crippen LogP contribution in [0.4, 0.5) is 0 Å². The summed E-state index contributed by atoms with van der Waals surface area (Å²) in [7, 11) is 4.14. The molecule has 66 valence electrons. The molecule has 0 aromatic rings. The third kappa shape index (κ3) is 2.46. The minimum absolute atomic E-state index is 0.721. The molecule has 0 bridgehead atoms. The van der Waals surface area contributed by atoms with E-state index in [1.54, 1.807) is 0 Å². The minimum atomic E-state index is 0.721. The third-order valence-electron chi connectivity index (χ3n) is 2.58. The van der Waals surface area contributed by atoms with E-state index in [4.69, 9.17) is 0 Å². The van der Waals surface area contributed by atoms with E-state index >= 15 is 0 Å². The molecule has 2 heteroatoms. The highest BCUT2D eigenvalue weighted by Crippen LogP contribution is 2.30. The molecule has 0 heterocycles. The van der Waals surface area contributed by atoms with Gasteiger partial charge in [0.1, 0.15) is 0 Å². The van der Waals surface area contributed by atoms with Gasteiger partial charge in [-0.15, -0.1) is 0 Å². The summed E-state index contributed by atoms with van der Waals surface area (Å²) in [5, 5.41) is 2.08. The first-order valence-electron chi connectivity index (χ1n) is 4.67. The van der Waals surface area contributed by atoms with E-state index in [1.807, 2.05) is 0 Å². The van der Waals surface area contributed by atoms with Crippen LogP contribution in [-0.4, -0.2) is 25.1 Å². The fourth-order valence-corrected chi connectivity index (χ4v) is 1.70. The first-order chi connectivity index (χ1) is 5.24. The molecule has 2 nitrogen and oxygen atoms in total. The largest absolute Gasteiger partial charge is 0.252 e. The van der Waals surface area contributed by atoms with Crippen LogP contribution < -0.4 is 5.43 Å². The van der Waals surface area contributed by atoms with Crippen LogP contribution in [0.15, 0.2) is 0 Å². The van der Waals surface area contributed by atoms with Crippen LogP contribution in [0.3, 0.4) is 0 Å². The van der Waals surface area contributed by atoms with Crippen LogP contribution in [0.1, 0.15) is 32.6 Å². The Labute approximate surface area is 69.9 Å². The zero-order chi connectivity index (χ0) is 8.27. The zero-order valence-corrected chi connectivity index (χ0v) is 7.93. The van der Waals surface area contributed by atoms with Crippen molar-refractivity contribution in [3.63, 3.8) is 0 Å². The van der Waals surface area contributed by atoms with Gasteiger partial charge in [-0.3, -0.25) is 10.4 Å². The second kappa shape index (κ2) is 4.07. The Bertz CT molecular complexity index is 108. The van der Waals surface area contributed by atoms with Crippen molar-refractivity contribution < 1.29 is 0 Å². The van der Waals surface area contributed by atoms with Crippen molar-refractivity contribution >= 4 is 0 Å². The van der Waals surface area contributed by atoms with Crippen molar-refractivity contribution in [3.8, 4) is 0 Å². The summed E-state index contributed by atoms with van der Waals surface area (Å²) in [5.74, 6) is 0.947. The maximum absolute atomic E-state index is 3.46. The van der Waals surface area contributed by atoms with Gasteiger partial charge in [0.15, 0.2) is 0 Å². The summed E-state index contributed by atoms with van der Waals surface area (Å²) in [4.78, 5) is 0. The second-order valence-electron chi connectivity index (χ2n) is 3.73. The van der Waals surface area contributed by atoms with Crippen LogP contribution >= 0.6 is 0 Å². The van der Waals surface area contributed by atoms with Crippen molar-refractivity contribution in [2.45, 2.75) is 38.6 Å². The van der Waals surface area contributed by atoms with Crippen LogP contribution in [0, 0.1) is 5.92 Å². The number of nitrogens with zero attached hydrogens (tertiary/aromatic N) is 1. The molecule has 1 aliphatic carbocycles. The number of rotatable bonds is 4. The molecular weight excluding hydrogens is 136 g/mol. The van der Waals surface area contributed by atoms with Crippen LogP contribution in [-0.2, 0) is 0 Å². The molecule has 1 aliphatic rings. The molecule has 1 N–H and O–H groups in total. The Morgan fingerprint density at radius 3 is 2.36 bits per heavy atom. The topological polar surface area (TPSA) is 15.3 Å². The average Bonchev–Trinajstić information content (AvgIpc) is 1.81. The predicted molar refractivity (Wildman–Crippen MR) is 48.2 cm³/mol. The molecule has 11 heavy (non-hydrogen) atoms. The molecule has 1 fully saturated rings. The van der Waals surface area contributed by atoms with Crippen molar-refractivity contribution in [1.82, 2.24) is 10.4 Å². The van der Waals surface area contributed by atoms with Gasteiger partial charge in [-0.2, -0.15) is 0 Å².